The van der Waals surface area contributed by atoms with E-state index in [4.69, 9.17) is 11.6 Å². The Hall–Kier alpha value is -0.700. The van der Waals surface area contributed by atoms with Crippen LogP contribution in [0.25, 0.3) is 0 Å². The standard InChI is InChI=1S/C17H22ClF3/c1-11-7-8-12(2)13(9-11)10-16(18)14-5-3-4-6-15(14)17(19,20)21/h7-9,14-16H,3-6,10H2,1-2H3. The largest absolute Gasteiger partial charge is 0.392 e. The van der Waals surface area contributed by atoms with Gasteiger partial charge in [-0.3, -0.25) is 0 Å². The fourth-order valence-corrected chi connectivity index (χ4v) is 3.85. The number of aryl methyl sites for hydroxylation is 2. The zero-order valence-corrected chi connectivity index (χ0v) is 13.3. The van der Waals surface area contributed by atoms with E-state index in [1.807, 2.05) is 32.0 Å². The van der Waals surface area contributed by atoms with Crippen LogP contribution in [-0.4, -0.2) is 11.6 Å². The minimum Gasteiger partial charge on any atom is -0.171 e. The monoisotopic (exact) mass is 318 g/mol. The molecular weight excluding hydrogens is 297 g/mol. The topological polar surface area (TPSA) is 0 Å². The summed E-state index contributed by atoms with van der Waals surface area (Å²) in [6.07, 6.45) is -1.28. The first-order chi connectivity index (χ1) is 9.79. The van der Waals surface area contributed by atoms with Crippen molar-refractivity contribution >= 4 is 11.6 Å². The van der Waals surface area contributed by atoms with Crippen LogP contribution in [0.5, 0.6) is 0 Å². The Morgan fingerprint density at radius 2 is 1.86 bits per heavy atom. The van der Waals surface area contributed by atoms with Gasteiger partial charge in [-0.05, 0) is 50.2 Å². The SMILES string of the molecule is Cc1ccc(C)c(CC(Cl)C2CCCCC2C(F)(F)F)c1. The summed E-state index contributed by atoms with van der Waals surface area (Å²) in [5.74, 6) is -1.70. The van der Waals surface area contributed by atoms with Crippen molar-refractivity contribution in [3.05, 3.63) is 34.9 Å². The molecule has 0 spiro atoms. The minimum atomic E-state index is -4.13. The summed E-state index contributed by atoms with van der Waals surface area (Å²) in [6, 6.07) is 6.06. The molecule has 0 aromatic heterocycles. The molecule has 0 bridgehead atoms. The van der Waals surface area contributed by atoms with Crippen molar-refractivity contribution in [2.45, 2.75) is 57.5 Å². The molecule has 1 saturated carbocycles. The maximum atomic E-state index is 13.2. The van der Waals surface area contributed by atoms with Gasteiger partial charge >= 0.3 is 6.18 Å². The van der Waals surface area contributed by atoms with Gasteiger partial charge in [-0.1, -0.05) is 36.6 Å². The number of hydrogen-bond donors (Lipinski definition) is 0. The highest BCUT2D eigenvalue weighted by Gasteiger charge is 2.47. The summed E-state index contributed by atoms with van der Waals surface area (Å²) in [5, 5.41) is -0.447. The van der Waals surface area contributed by atoms with Crippen molar-refractivity contribution in [3.63, 3.8) is 0 Å². The van der Waals surface area contributed by atoms with Gasteiger partial charge in [0.05, 0.1) is 5.92 Å². The van der Waals surface area contributed by atoms with Gasteiger partial charge in [0, 0.05) is 5.38 Å². The van der Waals surface area contributed by atoms with E-state index in [1.54, 1.807) is 0 Å². The molecule has 118 valence electrons. The van der Waals surface area contributed by atoms with E-state index >= 15 is 0 Å². The first kappa shape index (κ1) is 16.7. The van der Waals surface area contributed by atoms with E-state index in [-0.39, 0.29) is 6.42 Å². The van der Waals surface area contributed by atoms with Crippen LogP contribution in [-0.2, 0) is 6.42 Å². The lowest BCUT2D eigenvalue weighted by molar-refractivity contribution is -0.196. The Balaban J connectivity index is 2.14. The molecule has 3 atom stereocenters. The fraction of sp³-hybridized carbons (Fsp3) is 0.647. The van der Waals surface area contributed by atoms with Crippen molar-refractivity contribution in [2.75, 3.05) is 0 Å². The number of rotatable bonds is 3. The summed E-state index contributed by atoms with van der Waals surface area (Å²) in [6.45, 7) is 3.98. The second-order valence-corrected chi connectivity index (χ2v) is 6.81. The minimum absolute atomic E-state index is 0.226. The number of alkyl halides is 4. The number of halogens is 4. The quantitative estimate of drug-likeness (QED) is 0.616. The molecular formula is C17H22ClF3. The number of hydrogen-bond acceptors (Lipinski definition) is 0. The van der Waals surface area contributed by atoms with E-state index in [1.165, 1.54) is 0 Å². The first-order valence-corrected chi connectivity index (χ1v) is 7.99. The molecule has 1 fully saturated rings. The Morgan fingerprint density at radius 1 is 1.19 bits per heavy atom. The van der Waals surface area contributed by atoms with Crippen LogP contribution < -0.4 is 0 Å². The lowest BCUT2D eigenvalue weighted by atomic mass is 9.75. The molecule has 1 aromatic carbocycles. The van der Waals surface area contributed by atoms with Crippen molar-refractivity contribution in [2.24, 2.45) is 11.8 Å². The molecule has 0 radical (unpaired) electrons. The molecule has 2 rings (SSSR count). The molecule has 1 aliphatic rings. The summed E-state index contributed by atoms with van der Waals surface area (Å²) in [4.78, 5) is 0. The molecule has 0 aliphatic heterocycles. The maximum Gasteiger partial charge on any atom is 0.392 e. The lowest BCUT2D eigenvalue weighted by Gasteiger charge is -2.36. The molecule has 3 unspecified atom stereocenters. The highest BCUT2D eigenvalue weighted by Crippen LogP contribution is 2.44. The summed E-state index contributed by atoms with van der Waals surface area (Å²) < 4.78 is 39.5. The molecule has 1 aromatic rings. The molecule has 0 amide bonds. The average molecular weight is 319 g/mol. The fourth-order valence-electron chi connectivity index (χ4n) is 3.38. The average Bonchev–Trinajstić information content (AvgIpc) is 2.42. The molecule has 4 heteroatoms. The highest BCUT2D eigenvalue weighted by molar-refractivity contribution is 6.21. The molecule has 0 nitrogen and oxygen atoms in total. The van der Waals surface area contributed by atoms with Crippen LogP contribution in [0.2, 0.25) is 0 Å². The van der Waals surface area contributed by atoms with Crippen LogP contribution >= 0.6 is 11.6 Å². The smallest absolute Gasteiger partial charge is 0.171 e. The highest BCUT2D eigenvalue weighted by atomic mass is 35.5. The van der Waals surface area contributed by atoms with E-state index < -0.39 is 23.4 Å². The molecule has 21 heavy (non-hydrogen) atoms. The van der Waals surface area contributed by atoms with Crippen molar-refractivity contribution in [1.29, 1.82) is 0 Å². The maximum absolute atomic E-state index is 13.2. The van der Waals surface area contributed by atoms with Crippen LogP contribution in [0.1, 0.15) is 42.4 Å². The Labute approximate surface area is 129 Å². The van der Waals surface area contributed by atoms with Gasteiger partial charge in [0.25, 0.3) is 0 Å². The molecule has 1 aliphatic carbocycles. The summed E-state index contributed by atoms with van der Waals surface area (Å²) >= 11 is 6.42. The van der Waals surface area contributed by atoms with E-state index in [2.05, 4.69) is 0 Å². The zero-order valence-electron chi connectivity index (χ0n) is 12.5. The Morgan fingerprint density at radius 3 is 2.52 bits per heavy atom. The first-order valence-electron chi connectivity index (χ1n) is 7.56. The van der Waals surface area contributed by atoms with Crippen molar-refractivity contribution in [1.82, 2.24) is 0 Å². The van der Waals surface area contributed by atoms with Gasteiger partial charge in [-0.2, -0.15) is 13.2 Å². The Kier molecular flexibility index (Phi) is 5.24. The predicted molar refractivity (Wildman–Crippen MR) is 80.8 cm³/mol. The van der Waals surface area contributed by atoms with Gasteiger partial charge in [-0.25, -0.2) is 0 Å². The zero-order chi connectivity index (χ0) is 15.6. The second-order valence-electron chi connectivity index (χ2n) is 6.25. The van der Waals surface area contributed by atoms with Gasteiger partial charge < -0.3 is 0 Å². The van der Waals surface area contributed by atoms with Gasteiger partial charge in [0.15, 0.2) is 0 Å². The molecule has 0 heterocycles. The van der Waals surface area contributed by atoms with Crippen LogP contribution in [0.3, 0.4) is 0 Å². The van der Waals surface area contributed by atoms with Gasteiger partial charge in [0.1, 0.15) is 0 Å². The molecule has 0 saturated heterocycles. The van der Waals surface area contributed by atoms with Crippen molar-refractivity contribution < 1.29 is 13.2 Å². The predicted octanol–water partition coefficient (Wildman–Crippen LogP) is 5.82. The van der Waals surface area contributed by atoms with E-state index in [0.717, 1.165) is 23.1 Å². The third kappa shape index (κ3) is 4.15. The third-order valence-corrected chi connectivity index (χ3v) is 5.10. The lowest BCUT2D eigenvalue weighted by Crippen LogP contribution is -2.38. The van der Waals surface area contributed by atoms with E-state index in [0.29, 0.717) is 19.3 Å². The molecule has 0 N–H and O–H groups in total. The van der Waals surface area contributed by atoms with Crippen LogP contribution in [0.4, 0.5) is 13.2 Å². The second kappa shape index (κ2) is 6.60. The Bertz CT molecular complexity index is 481. The van der Waals surface area contributed by atoms with Gasteiger partial charge in [0.2, 0.25) is 0 Å². The normalized spacial score (nSPS) is 24.9. The van der Waals surface area contributed by atoms with Crippen LogP contribution in [0.15, 0.2) is 18.2 Å². The number of benzene rings is 1. The summed E-state index contributed by atoms with van der Waals surface area (Å²) in [5.41, 5.74) is 3.29. The van der Waals surface area contributed by atoms with Crippen LogP contribution in [0, 0.1) is 25.7 Å². The van der Waals surface area contributed by atoms with E-state index in [9.17, 15) is 13.2 Å². The summed E-state index contributed by atoms with van der Waals surface area (Å²) in [7, 11) is 0. The van der Waals surface area contributed by atoms with Gasteiger partial charge in [-0.15, -0.1) is 11.6 Å². The van der Waals surface area contributed by atoms with Crippen molar-refractivity contribution in [3.8, 4) is 0 Å². The third-order valence-electron chi connectivity index (χ3n) is 4.62.